The molecule has 1 atom stereocenters. The fourth-order valence-corrected chi connectivity index (χ4v) is 3.79. The summed E-state index contributed by atoms with van der Waals surface area (Å²) in [5.41, 5.74) is -0.815. The summed E-state index contributed by atoms with van der Waals surface area (Å²) < 4.78 is 55.1. The minimum absolute atomic E-state index is 0.141. The van der Waals surface area contributed by atoms with Crippen LogP contribution in [0.5, 0.6) is 0 Å². The van der Waals surface area contributed by atoms with Crippen LogP contribution >= 0.6 is 11.6 Å². The lowest BCUT2D eigenvalue weighted by molar-refractivity contribution is -0.137. The van der Waals surface area contributed by atoms with E-state index >= 15 is 0 Å². The van der Waals surface area contributed by atoms with Gasteiger partial charge in [-0.3, -0.25) is 4.98 Å². The molecule has 0 aliphatic rings. The van der Waals surface area contributed by atoms with Gasteiger partial charge >= 0.3 is 6.18 Å². The van der Waals surface area contributed by atoms with Gasteiger partial charge in [0.25, 0.3) is 0 Å². The Kier molecular flexibility index (Phi) is 7.69. The zero-order valence-corrected chi connectivity index (χ0v) is 18.1. The predicted molar refractivity (Wildman–Crippen MR) is 119 cm³/mol. The lowest BCUT2D eigenvalue weighted by atomic mass is 9.79. The molecule has 0 spiro atoms. The Bertz CT molecular complexity index is 1040. The maximum atomic E-state index is 14.5. The molecule has 1 unspecified atom stereocenters. The molecule has 0 fully saturated rings. The van der Waals surface area contributed by atoms with Gasteiger partial charge in [0.1, 0.15) is 5.82 Å². The number of halogens is 5. The summed E-state index contributed by atoms with van der Waals surface area (Å²) in [6.07, 6.45) is 0.203. The summed E-state index contributed by atoms with van der Waals surface area (Å²) in [6, 6.07) is 15.2. The number of alkyl halides is 3. The van der Waals surface area contributed by atoms with Crippen molar-refractivity contribution in [3.63, 3.8) is 0 Å². The van der Waals surface area contributed by atoms with Crippen molar-refractivity contribution in [3.8, 4) is 0 Å². The topological polar surface area (TPSA) is 24.9 Å². The van der Waals surface area contributed by atoms with E-state index < -0.39 is 23.1 Å². The summed E-state index contributed by atoms with van der Waals surface area (Å²) >= 11 is 6.02. The molecule has 0 saturated heterocycles. The average Bonchev–Trinajstić information content (AvgIpc) is 2.76. The van der Waals surface area contributed by atoms with Gasteiger partial charge in [-0.1, -0.05) is 48.0 Å². The molecule has 0 radical (unpaired) electrons. The van der Waals surface area contributed by atoms with Crippen LogP contribution in [-0.4, -0.2) is 11.5 Å². The van der Waals surface area contributed by atoms with Gasteiger partial charge in [0, 0.05) is 12.6 Å². The monoisotopic (exact) mass is 462 g/mol. The number of benzene rings is 2. The summed E-state index contributed by atoms with van der Waals surface area (Å²) in [6.45, 7) is 4.17. The van der Waals surface area contributed by atoms with E-state index in [0.29, 0.717) is 29.7 Å². The van der Waals surface area contributed by atoms with Crippen molar-refractivity contribution < 1.29 is 17.6 Å². The van der Waals surface area contributed by atoms with Crippen molar-refractivity contribution in [1.29, 1.82) is 0 Å². The number of nitrogens with zero attached hydrogens (tertiary/aromatic N) is 1. The fraction of sp³-hybridized carbons (Fsp3) is 0.240. The second-order valence-electron chi connectivity index (χ2n) is 7.51. The Morgan fingerprint density at radius 2 is 1.72 bits per heavy atom. The molecular weight excluding hydrogens is 440 g/mol. The Labute approximate surface area is 190 Å². The number of nitrogens with one attached hydrogen (secondary N) is 1. The third-order valence-electron chi connectivity index (χ3n) is 5.21. The summed E-state index contributed by atoms with van der Waals surface area (Å²) in [5, 5.41) is 3.78. The second kappa shape index (κ2) is 10.3. The van der Waals surface area contributed by atoms with Gasteiger partial charge in [-0.25, -0.2) is 4.39 Å². The van der Waals surface area contributed by atoms with Crippen LogP contribution in [0.25, 0.3) is 0 Å². The highest BCUT2D eigenvalue weighted by Crippen LogP contribution is 2.37. The lowest BCUT2D eigenvalue weighted by Gasteiger charge is -2.36. The van der Waals surface area contributed by atoms with Crippen molar-refractivity contribution in [3.05, 3.63) is 113 Å². The Hall–Kier alpha value is -2.70. The van der Waals surface area contributed by atoms with E-state index in [-0.39, 0.29) is 12.0 Å². The van der Waals surface area contributed by atoms with Gasteiger partial charge in [0.05, 0.1) is 21.8 Å². The van der Waals surface area contributed by atoms with Gasteiger partial charge in [0.15, 0.2) is 0 Å². The third-order valence-corrected chi connectivity index (χ3v) is 5.43. The van der Waals surface area contributed by atoms with Gasteiger partial charge in [-0.05, 0) is 60.8 Å². The van der Waals surface area contributed by atoms with Crippen LogP contribution < -0.4 is 5.32 Å². The van der Waals surface area contributed by atoms with Crippen LogP contribution in [0, 0.1) is 5.82 Å². The van der Waals surface area contributed by atoms with Gasteiger partial charge in [-0.2, -0.15) is 13.2 Å². The maximum absolute atomic E-state index is 14.5. The molecule has 32 heavy (non-hydrogen) atoms. The molecule has 0 aliphatic carbocycles. The van der Waals surface area contributed by atoms with Crippen LogP contribution in [0.4, 0.5) is 17.6 Å². The van der Waals surface area contributed by atoms with Gasteiger partial charge in [-0.15, -0.1) is 6.58 Å². The van der Waals surface area contributed by atoms with E-state index in [4.69, 9.17) is 11.6 Å². The normalized spacial score (nSPS) is 13.5. The molecule has 1 heterocycles. The molecule has 168 valence electrons. The van der Waals surface area contributed by atoms with Crippen LogP contribution in [0.3, 0.4) is 0 Å². The van der Waals surface area contributed by atoms with Crippen molar-refractivity contribution >= 4 is 11.6 Å². The largest absolute Gasteiger partial charge is 0.416 e. The van der Waals surface area contributed by atoms with Crippen molar-refractivity contribution in [2.24, 2.45) is 0 Å². The highest BCUT2D eigenvalue weighted by molar-refractivity contribution is 6.30. The molecule has 3 aromatic rings. The number of unbranched alkanes of at least 4 members (excludes halogenated alkanes) is 1. The average molecular weight is 463 g/mol. The SMILES string of the molecule is C=CCCCNC(Cc1ccccc1)(c1cc(F)cc(C(F)(F)F)c1)c1ccc(Cl)cn1. The molecule has 0 bridgehead atoms. The van der Waals surface area contributed by atoms with Crippen molar-refractivity contribution in [2.45, 2.75) is 31.0 Å². The predicted octanol–water partition coefficient (Wildman–Crippen LogP) is 6.94. The maximum Gasteiger partial charge on any atom is 0.416 e. The third kappa shape index (κ3) is 5.75. The number of hydrogen-bond acceptors (Lipinski definition) is 2. The van der Waals surface area contributed by atoms with Crippen LogP contribution in [0.2, 0.25) is 5.02 Å². The van der Waals surface area contributed by atoms with Crippen molar-refractivity contribution in [2.75, 3.05) is 6.54 Å². The molecule has 1 N–H and O–H groups in total. The molecule has 0 aliphatic heterocycles. The van der Waals surface area contributed by atoms with Crippen LogP contribution in [-0.2, 0) is 18.1 Å². The second-order valence-corrected chi connectivity index (χ2v) is 7.95. The standard InChI is InChI=1S/C25H23ClF4N2/c1-2-3-7-12-32-24(16-18-8-5-4-6-9-18,23-11-10-21(26)17-31-23)19-13-20(25(28,29)30)15-22(27)14-19/h2,4-6,8-11,13-15,17,32H,1,3,7,12,16H2. The smallest absolute Gasteiger partial charge is 0.302 e. The van der Waals surface area contributed by atoms with E-state index in [0.717, 1.165) is 24.1 Å². The zero-order valence-electron chi connectivity index (χ0n) is 17.3. The quantitative estimate of drug-likeness (QED) is 0.212. The van der Waals surface area contributed by atoms with Gasteiger partial charge in [0.2, 0.25) is 0 Å². The molecule has 0 saturated carbocycles. The van der Waals surface area contributed by atoms with Crippen LogP contribution in [0.15, 0.2) is 79.5 Å². The minimum Gasteiger partial charge on any atom is -0.302 e. The summed E-state index contributed by atoms with van der Waals surface area (Å²) in [4.78, 5) is 4.43. The van der Waals surface area contributed by atoms with E-state index in [1.54, 1.807) is 18.2 Å². The Morgan fingerprint density at radius 1 is 1.00 bits per heavy atom. The molecular formula is C25H23ClF4N2. The number of aromatic nitrogens is 1. The lowest BCUT2D eigenvalue weighted by Crippen LogP contribution is -2.47. The minimum atomic E-state index is -4.69. The molecule has 2 nitrogen and oxygen atoms in total. The first-order valence-electron chi connectivity index (χ1n) is 10.1. The summed E-state index contributed by atoms with van der Waals surface area (Å²) in [5.74, 6) is -0.964. The molecule has 3 rings (SSSR count). The molecule has 1 aromatic heterocycles. The van der Waals surface area contributed by atoms with Gasteiger partial charge < -0.3 is 5.32 Å². The van der Waals surface area contributed by atoms with Crippen LogP contribution in [0.1, 0.15) is 35.2 Å². The number of hydrogen-bond donors (Lipinski definition) is 1. The van der Waals surface area contributed by atoms with E-state index in [9.17, 15) is 17.6 Å². The van der Waals surface area contributed by atoms with Crippen molar-refractivity contribution in [1.82, 2.24) is 10.3 Å². The highest BCUT2D eigenvalue weighted by Gasteiger charge is 2.39. The number of rotatable bonds is 9. The van der Waals surface area contributed by atoms with E-state index in [2.05, 4.69) is 16.9 Å². The Balaban J connectivity index is 2.22. The van der Waals surface area contributed by atoms with E-state index in [1.807, 2.05) is 30.3 Å². The Morgan fingerprint density at radius 3 is 2.34 bits per heavy atom. The first-order chi connectivity index (χ1) is 15.2. The van der Waals surface area contributed by atoms with E-state index in [1.165, 1.54) is 6.20 Å². The first-order valence-corrected chi connectivity index (χ1v) is 10.5. The molecule has 0 amide bonds. The molecule has 7 heteroatoms. The fourth-order valence-electron chi connectivity index (χ4n) is 3.67. The zero-order chi connectivity index (χ0) is 23.2. The molecule has 2 aromatic carbocycles. The number of pyridine rings is 1. The first kappa shape index (κ1) is 24.0. The number of allylic oxidation sites excluding steroid dienone is 1. The highest BCUT2D eigenvalue weighted by atomic mass is 35.5. The summed E-state index contributed by atoms with van der Waals surface area (Å²) in [7, 11) is 0.